The van der Waals surface area contributed by atoms with E-state index in [4.69, 9.17) is 0 Å². The second-order valence-corrected chi connectivity index (χ2v) is 7.14. The molecule has 1 aliphatic rings. The summed E-state index contributed by atoms with van der Waals surface area (Å²) in [7, 11) is 0. The highest BCUT2D eigenvalue weighted by atomic mass is 32.2. The molecule has 1 aliphatic heterocycles. The number of hydrogen-bond donors (Lipinski definition) is 1. The summed E-state index contributed by atoms with van der Waals surface area (Å²) in [6.45, 7) is 5.64. The topological polar surface area (TPSA) is 74.7 Å². The fraction of sp³-hybridized carbons (Fsp3) is 0.786. The van der Waals surface area contributed by atoms with E-state index < -0.39 is 28.6 Å². The van der Waals surface area contributed by atoms with Gasteiger partial charge in [0.05, 0.1) is 4.87 Å². The normalized spacial score (nSPS) is 20.9. The lowest BCUT2D eigenvalue weighted by Gasteiger charge is -2.32. The summed E-state index contributed by atoms with van der Waals surface area (Å²) >= 11 is 1.39. The molecule has 0 bridgehead atoms. The average molecular weight is 301 g/mol. The van der Waals surface area contributed by atoms with Crippen molar-refractivity contribution >= 4 is 29.4 Å². The number of aliphatic carboxylic acids is 1. The van der Waals surface area contributed by atoms with E-state index in [-0.39, 0.29) is 6.42 Å². The molecule has 6 heteroatoms. The zero-order valence-corrected chi connectivity index (χ0v) is 13.2. The second-order valence-electron chi connectivity index (χ2n) is 5.52. The van der Waals surface area contributed by atoms with Gasteiger partial charge in [-0.15, -0.1) is 11.8 Å². The number of carboxylic acid groups (broad SMARTS) is 1. The van der Waals surface area contributed by atoms with Crippen LogP contribution in [0.3, 0.4) is 0 Å². The zero-order valence-electron chi connectivity index (χ0n) is 12.3. The second kappa shape index (κ2) is 7.11. The molecule has 20 heavy (non-hydrogen) atoms. The van der Waals surface area contributed by atoms with Crippen molar-refractivity contribution in [3.05, 3.63) is 0 Å². The number of ketones is 1. The SMILES string of the molecule is CCCCCCC(=O)C(=O)N1[C@H](C(=O)O)CSC1(C)C. The summed E-state index contributed by atoms with van der Waals surface area (Å²) in [5, 5.41) is 9.17. The maximum atomic E-state index is 12.2. The smallest absolute Gasteiger partial charge is 0.327 e. The van der Waals surface area contributed by atoms with E-state index in [1.54, 1.807) is 13.8 Å². The summed E-state index contributed by atoms with van der Waals surface area (Å²) in [4.78, 5) is 36.0. The molecule has 0 aromatic carbocycles. The van der Waals surface area contributed by atoms with Gasteiger partial charge in [0, 0.05) is 12.2 Å². The predicted octanol–water partition coefficient (Wildman–Crippen LogP) is 2.29. The first-order valence-electron chi connectivity index (χ1n) is 7.04. The molecule has 0 radical (unpaired) electrons. The van der Waals surface area contributed by atoms with Gasteiger partial charge < -0.3 is 10.0 Å². The maximum absolute atomic E-state index is 12.2. The van der Waals surface area contributed by atoms with Crippen LogP contribution in [0.5, 0.6) is 0 Å². The number of unbranched alkanes of at least 4 members (excludes halogenated alkanes) is 3. The van der Waals surface area contributed by atoms with Gasteiger partial charge in [-0.1, -0.05) is 26.2 Å². The third kappa shape index (κ3) is 3.98. The van der Waals surface area contributed by atoms with E-state index in [9.17, 15) is 19.5 Å². The number of carbonyl (C=O) groups excluding carboxylic acids is 2. The first-order chi connectivity index (χ1) is 9.31. The Hall–Kier alpha value is -1.04. The fourth-order valence-electron chi connectivity index (χ4n) is 2.32. The van der Waals surface area contributed by atoms with Crippen LogP contribution in [0.25, 0.3) is 0 Å². The highest BCUT2D eigenvalue weighted by Crippen LogP contribution is 2.39. The van der Waals surface area contributed by atoms with Crippen LogP contribution < -0.4 is 0 Å². The lowest BCUT2D eigenvalue weighted by molar-refractivity contribution is -0.154. The van der Waals surface area contributed by atoms with Gasteiger partial charge in [-0.05, 0) is 20.3 Å². The molecule has 114 valence electrons. The van der Waals surface area contributed by atoms with E-state index >= 15 is 0 Å². The van der Waals surface area contributed by atoms with Crippen molar-refractivity contribution in [2.24, 2.45) is 0 Å². The minimum absolute atomic E-state index is 0.211. The Labute approximate surface area is 124 Å². The van der Waals surface area contributed by atoms with E-state index in [0.29, 0.717) is 12.2 Å². The molecule has 0 spiro atoms. The number of amides is 1. The molecule has 1 amide bonds. The third-order valence-electron chi connectivity index (χ3n) is 3.49. The number of carbonyl (C=O) groups is 3. The summed E-state index contributed by atoms with van der Waals surface area (Å²) in [6.07, 6.45) is 3.94. The molecule has 0 aromatic rings. The molecule has 0 aromatic heterocycles. The summed E-state index contributed by atoms with van der Waals surface area (Å²) < 4.78 is 0. The Morgan fingerprint density at radius 2 is 1.90 bits per heavy atom. The van der Waals surface area contributed by atoms with Crippen LogP contribution in [0, 0.1) is 0 Å². The van der Waals surface area contributed by atoms with Crippen LogP contribution in [0.15, 0.2) is 0 Å². The number of hydrogen-bond acceptors (Lipinski definition) is 4. The van der Waals surface area contributed by atoms with E-state index in [0.717, 1.165) is 19.3 Å². The van der Waals surface area contributed by atoms with Gasteiger partial charge in [0.25, 0.3) is 5.91 Å². The Bertz CT molecular complexity index is 395. The summed E-state index contributed by atoms with van der Waals surface area (Å²) in [5.41, 5.74) is 0. The van der Waals surface area contributed by atoms with Gasteiger partial charge in [-0.25, -0.2) is 4.79 Å². The first-order valence-corrected chi connectivity index (χ1v) is 8.03. The number of rotatable bonds is 7. The largest absolute Gasteiger partial charge is 0.480 e. The molecule has 0 saturated carbocycles. The average Bonchev–Trinajstić information content (AvgIpc) is 2.69. The molecule has 0 unspecified atom stereocenters. The molecule has 1 heterocycles. The highest BCUT2D eigenvalue weighted by Gasteiger charge is 2.48. The van der Waals surface area contributed by atoms with E-state index in [2.05, 4.69) is 6.92 Å². The molecule has 5 nitrogen and oxygen atoms in total. The monoisotopic (exact) mass is 301 g/mol. The lowest BCUT2D eigenvalue weighted by Crippen LogP contribution is -2.52. The maximum Gasteiger partial charge on any atom is 0.327 e. The van der Waals surface area contributed by atoms with Crippen molar-refractivity contribution in [2.75, 3.05) is 5.75 Å². The highest BCUT2D eigenvalue weighted by molar-refractivity contribution is 8.00. The Kier molecular flexibility index (Phi) is 6.05. The zero-order chi connectivity index (χ0) is 15.3. The Balaban J connectivity index is 2.67. The fourth-order valence-corrected chi connectivity index (χ4v) is 3.53. The standard InChI is InChI=1S/C14H23NO4S/c1-4-5-6-7-8-11(16)12(17)15-10(13(18)19)9-20-14(15,2)3/h10H,4-9H2,1-3H3,(H,18,19)/t10-/m0/s1. The number of nitrogens with zero attached hydrogens (tertiary/aromatic N) is 1. The molecular weight excluding hydrogens is 278 g/mol. The molecule has 1 saturated heterocycles. The number of carboxylic acids is 1. The van der Waals surface area contributed by atoms with Gasteiger partial charge in [0.2, 0.25) is 5.78 Å². The van der Waals surface area contributed by atoms with Crippen molar-refractivity contribution in [3.8, 4) is 0 Å². The molecule has 1 N–H and O–H groups in total. The minimum Gasteiger partial charge on any atom is -0.480 e. The quantitative estimate of drug-likeness (QED) is 0.577. The lowest BCUT2D eigenvalue weighted by atomic mass is 10.1. The number of Topliss-reactive ketones (excluding diaryl/α,β-unsaturated/α-hetero) is 1. The number of thioether (sulfide) groups is 1. The minimum atomic E-state index is -1.05. The van der Waals surface area contributed by atoms with Crippen LogP contribution >= 0.6 is 11.8 Å². The van der Waals surface area contributed by atoms with Gasteiger partial charge in [0.1, 0.15) is 6.04 Å². The van der Waals surface area contributed by atoms with Gasteiger partial charge in [-0.2, -0.15) is 0 Å². The van der Waals surface area contributed by atoms with Crippen LogP contribution in [-0.4, -0.2) is 44.3 Å². The predicted molar refractivity (Wildman–Crippen MR) is 78.6 cm³/mol. The molecule has 0 aliphatic carbocycles. The van der Waals surface area contributed by atoms with Crippen molar-refractivity contribution in [1.29, 1.82) is 0 Å². The summed E-state index contributed by atoms with van der Waals surface area (Å²) in [6, 6.07) is -0.901. The Morgan fingerprint density at radius 1 is 1.25 bits per heavy atom. The van der Waals surface area contributed by atoms with Crippen LogP contribution in [0.2, 0.25) is 0 Å². The van der Waals surface area contributed by atoms with E-state index in [1.807, 2.05) is 0 Å². The molecule has 1 rings (SSSR count). The third-order valence-corrected chi connectivity index (χ3v) is 4.87. The Morgan fingerprint density at radius 3 is 2.45 bits per heavy atom. The van der Waals surface area contributed by atoms with Gasteiger partial charge in [-0.3, -0.25) is 9.59 Å². The van der Waals surface area contributed by atoms with Crippen LogP contribution in [-0.2, 0) is 14.4 Å². The van der Waals surface area contributed by atoms with Gasteiger partial charge >= 0.3 is 5.97 Å². The van der Waals surface area contributed by atoms with Crippen molar-refractivity contribution < 1.29 is 19.5 Å². The molecular formula is C14H23NO4S. The van der Waals surface area contributed by atoms with Crippen molar-refractivity contribution in [3.63, 3.8) is 0 Å². The van der Waals surface area contributed by atoms with Crippen LogP contribution in [0.1, 0.15) is 52.9 Å². The first kappa shape index (κ1) is 17.0. The van der Waals surface area contributed by atoms with Gasteiger partial charge in [0.15, 0.2) is 0 Å². The van der Waals surface area contributed by atoms with Crippen LogP contribution in [0.4, 0.5) is 0 Å². The van der Waals surface area contributed by atoms with Crippen molar-refractivity contribution in [2.45, 2.75) is 63.8 Å². The summed E-state index contributed by atoms with van der Waals surface area (Å²) in [5.74, 6) is -1.83. The van der Waals surface area contributed by atoms with E-state index in [1.165, 1.54) is 16.7 Å². The van der Waals surface area contributed by atoms with Crippen molar-refractivity contribution in [1.82, 2.24) is 4.90 Å². The molecule has 1 fully saturated rings. The molecule has 1 atom stereocenters.